The van der Waals surface area contributed by atoms with E-state index in [-0.39, 0.29) is 5.78 Å². The second-order valence-electron chi connectivity index (χ2n) is 2.77. The highest BCUT2D eigenvalue weighted by Crippen LogP contribution is 2.01. The smallest absolute Gasteiger partial charge is 0.185 e. The molecule has 0 spiro atoms. The number of hydrogen-bond donors (Lipinski definition) is 0. The summed E-state index contributed by atoms with van der Waals surface area (Å²) in [5.74, 6) is -0.162. The third-order valence-corrected chi connectivity index (χ3v) is 1.57. The van der Waals surface area contributed by atoms with Gasteiger partial charge in [-0.2, -0.15) is 0 Å². The van der Waals surface area contributed by atoms with Crippen molar-refractivity contribution in [1.82, 2.24) is 0 Å². The molecule has 0 aromatic heterocycles. The Morgan fingerprint density at radius 1 is 1.38 bits per heavy atom. The number of hydrogen-bond acceptors (Lipinski definition) is 1. The molecule has 0 fully saturated rings. The summed E-state index contributed by atoms with van der Waals surface area (Å²) < 4.78 is 12.3. The highest BCUT2D eigenvalue weighted by Gasteiger charge is 1.99. The van der Waals surface area contributed by atoms with E-state index in [4.69, 9.17) is 0 Å². The Kier molecular flexibility index (Phi) is 3.38. The number of alkyl halides is 1. The maximum Gasteiger partial charge on any atom is 0.185 e. The van der Waals surface area contributed by atoms with Crippen molar-refractivity contribution in [2.75, 3.05) is 0 Å². The molecule has 1 aromatic carbocycles. The first-order valence-electron chi connectivity index (χ1n) is 4.12. The number of ketones is 1. The van der Waals surface area contributed by atoms with E-state index in [9.17, 15) is 9.18 Å². The molecule has 0 amide bonds. The third kappa shape index (κ3) is 3.20. The summed E-state index contributed by atoms with van der Waals surface area (Å²) in [4.78, 5) is 11.3. The van der Waals surface area contributed by atoms with Crippen LogP contribution in [0.3, 0.4) is 0 Å². The van der Waals surface area contributed by atoms with Crippen LogP contribution < -0.4 is 0 Å². The van der Waals surface area contributed by atoms with Crippen LogP contribution in [0.4, 0.5) is 4.39 Å². The van der Waals surface area contributed by atoms with E-state index in [2.05, 4.69) is 0 Å². The molecule has 1 atom stereocenters. The van der Waals surface area contributed by atoms with Crippen LogP contribution in [-0.2, 0) is 0 Å². The molecule has 1 nitrogen and oxygen atoms in total. The fourth-order valence-corrected chi connectivity index (χ4v) is 0.919. The van der Waals surface area contributed by atoms with E-state index in [0.29, 0.717) is 5.56 Å². The van der Waals surface area contributed by atoms with Gasteiger partial charge in [0, 0.05) is 5.56 Å². The Hall–Kier alpha value is -1.44. The van der Waals surface area contributed by atoms with Gasteiger partial charge in [0.2, 0.25) is 0 Å². The quantitative estimate of drug-likeness (QED) is 0.513. The van der Waals surface area contributed by atoms with E-state index >= 15 is 0 Å². The van der Waals surface area contributed by atoms with Crippen molar-refractivity contribution < 1.29 is 9.18 Å². The largest absolute Gasteiger partial charge is 0.289 e. The first-order chi connectivity index (χ1) is 6.20. The van der Waals surface area contributed by atoms with Gasteiger partial charge in [0.1, 0.15) is 6.17 Å². The summed E-state index contributed by atoms with van der Waals surface area (Å²) in [5.41, 5.74) is 0.583. The summed E-state index contributed by atoms with van der Waals surface area (Å²) in [6.45, 7) is 1.38. The fourth-order valence-electron chi connectivity index (χ4n) is 0.919. The molecule has 1 rings (SSSR count). The lowest BCUT2D eigenvalue weighted by Gasteiger charge is -1.94. The Morgan fingerprint density at radius 2 is 2.00 bits per heavy atom. The van der Waals surface area contributed by atoms with Crippen LogP contribution in [0.5, 0.6) is 0 Å². The Labute approximate surface area is 76.9 Å². The molecule has 0 aliphatic rings. The molecule has 13 heavy (non-hydrogen) atoms. The normalized spacial score (nSPS) is 13.1. The molecule has 0 saturated carbocycles. The zero-order valence-corrected chi connectivity index (χ0v) is 7.41. The third-order valence-electron chi connectivity index (χ3n) is 1.57. The van der Waals surface area contributed by atoms with Crippen LogP contribution in [0.15, 0.2) is 42.5 Å². The van der Waals surface area contributed by atoms with Crippen molar-refractivity contribution in [2.45, 2.75) is 13.1 Å². The van der Waals surface area contributed by atoms with Crippen LogP contribution in [-0.4, -0.2) is 12.0 Å². The molecule has 0 heterocycles. The zero-order valence-electron chi connectivity index (χ0n) is 7.41. The number of rotatable bonds is 3. The minimum absolute atomic E-state index is 0.162. The lowest BCUT2D eigenvalue weighted by Crippen LogP contribution is -1.95. The van der Waals surface area contributed by atoms with Gasteiger partial charge in [-0.05, 0) is 19.1 Å². The van der Waals surface area contributed by atoms with Crippen LogP contribution in [0.2, 0.25) is 0 Å². The topological polar surface area (TPSA) is 17.1 Å². The Bertz CT molecular complexity index is 301. The summed E-state index contributed by atoms with van der Waals surface area (Å²) >= 11 is 0. The molecule has 0 radical (unpaired) electrons. The second-order valence-corrected chi connectivity index (χ2v) is 2.77. The maximum absolute atomic E-state index is 12.3. The van der Waals surface area contributed by atoms with Gasteiger partial charge in [-0.15, -0.1) is 0 Å². The minimum atomic E-state index is -1.08. The summed E-state index contributed by atoms with van der Waals surface area (Å²) in [7, 11) is 0. The molecule has 0 N–H and O–H groups in total. The van der Waals surface area contributed by atoms with Crippen molar-refractivity contribution in [3.8, 4) is 0 Å². The summed E-state index contributed by atoms with van der Waals surface area (Å²) in [6, 6.07) is 8.79. The predicted octanol–water partition coefficient (Wildman–Crippen LogP) is 2.78. The molecule has 0 bridgehead atoms. The molecule has 0 aliphatic heterocycles. The van der Waals surface area contributed by atoms with Gasteiger partial charge < -0.3 is 0 Å². The van der Waals surface area contributed by atoms with E-state index in [1.165, 1.54) is 19.1 Å². The van der Waals surface area contributed by atoms with Gasteiger partial charge in [0.15, 0.2) is 5.78 Å². The monoisotopic (exact) mass is 178 g/mol. The Balaban J connectivity index is 2.70. The predicted molar refractivity (Wildman–Crippen MR) is 50.5 cm³/mol. The van der Waals surface area contributed by atoms with Crippen LogP contribution in [0.1, 0.15) is 17.3 Å². The maximum atomic E-state index is 12.3. The number of allylic oxidation sites excluding steroid dienone is 2. The summed E-state index contributed by atoms with van der Waals surface area (Å²) in [6.07, 6.45) is 1.43. The molecule has 1 unspecified atom stereocenters. The van der Waals surface area contributed by atoms with Crippen LogP contribution in [0.25, 0.3) is 0 Å². The first-order valence-corrected chi connectivity index (χ1v) is 4.12. The summed E-state index contributed by atoms with van der Waals surface area (Å²) in [5, 5.41) is 0. The fraction of sp³-hybridized carbons (Fsp3) is 0.182. The van der Waals surface area contributed by atoms with Crippen LogP contribution >= 0.6 is 0 Å². The standard InChI is InChI=1S/C11H11FO/c1-9(12)7-8-11(13)10-5-3-2-4-6-10/h2-9H,1H3/b8-7+. The second kappa shape index (κ2) is 4.55. The molecule has 2 heteroatoms. The van der Waals surface area contributed by atoms with E-state index in [1.807, 2.05) is 6.07 Å². The number of halogens is 1. The molecule has 1 aromatic rings. The average molecular weight is 178 g/mol. The lowest BCUT2D eigenvalue weighted by molar-refractivity contribution is 0.104. The van der Waals surface area contributed by atoms with Gasteiger partial charge >= 0.3 is 0 Å². The molecular formula is C11H11FO. The average Bonchev–Trinajstić information content (AvgIpc) is 2.15. The van der Waals surface area contributed by atoms with E-state index in [0.717, 1.165) is 0 Å². The van der Waals surface area contributed by atoms with Gasteiger partial charge in [0.25, 0.3) is 0 Å². The van der Waals surface area contributed by atoms with Crippen LogP contribution in [0, 0.1) is 0 Å². The number of carbonyl (C=O) groups excluding carboxylic acids is 1. The van der Waals surface area contributed by atoms with Crippen molar-refractivity contribution in [2.24, 2.45) is 0 Å². The molecule has 0 saturated heterocycles. The van der Waals surface area contributed by atoms with Gasteiger partial charge in [0.05, 0.1) is 0 Å². The minimum Gasteiger partial charge on any atom is -0.289 e. The van der Waals surface area contributed by atoms with E-state index < -0.39 is 6.17 Å². The lowest BCUT2D eigenvalue weighted by atomic mass is 10.1. The van der Waals surface area contributed by atoms with Gasteiger partial charge in [-0.1, -0.05) is 30.3 Å². The van der Waals surface area contributed by atoms with Crippen molar-refractivity contribution >= 4 is 5.78 Å². The molecular weight excluding hydrogens is 167 g/mol. The van der Waals surface area contributed by atoms with Crippen molar-refractivity contribution in [3.63, 3.8) is 0 Å². The molecule has 68 valence electrons. The van der Waals surface area contributed by atoms with Crippen molar-refractivity contribution in [1.29, 1.82) is 0 Å². The number of benzene rings is 1. The van der Waals surface area contributed by atoms with Gasteiger partial charge in [-0.25, -0.2) is 4.39 Å². The zero-order chi connectivity index (χ0) is 9.68. The highest BCUT2D eigenvalue weighted by atomic mass is 19.1. The van der Waals surface area contributed by atoms with E-state index in [1.54, 1.807) is 24.3 Å². The van der Waals surface area contributed by atoms with Gasteiger partial charge in [-0.3, -0.25) is 4.79 Å². The number of carbonyl (C=O) groups is 1. The SMILES string of the molecule is CC(F)/C=C/C(=O)c1ccccc1. The Morgan fingerprint density at radius 3 is 2.54 bits per heavy atom. The van der Waals surface area contributed by atoms with Crippen molar-refractivity contribution in [3.05, 3.63) is 48.0 Å². The first kappa shape index (κ1) is 9.65. The molecule has 0 aliphatic carbocycles. The highest BCUT2D eigenvalue weighted by molar-refractivity contribution is 6.04.